The standard InChI is InChI=1S/C20H20O4/c1-3-23-13(2)12-24-20(22)17-11-16-18(21)10-9-15(19(16)17)14-7-5-4-6-8-14/h4-11,13,21H,3,12H2,1-2H3. The zero-order valence-electron chi connectivity index (χ0n) is 13.8. The van der Waals surface area contributed by atoms with Crippen molar-refractivity contribution >= 4 is 17.6 Å². The minimum absolute atomic E-state index is 0.142. The van der Waals surface area contributed by atoms with Crippen LogP contribution in [0.5, 0.6) is 5.75 Å². The van der Waals surface area contributed by atoms with Gasteiger partial charge in [-0.25, -0.2) is 4.79 Å². The SMILES string of the molecule is CCOC(C)COC(=O)C1=Cc2c(O)ccc(-c3ccccc3)c21. The summed E-state index contributed by atoms with van der Waals surface area (Å²) < 4.78 is 10.7. The molecule has 1 aliphatic carbocycles. The number of fused-ring (bicyclic) bond motifs is 1. The van der Waals surface area contributed by atoms with Crippen LogP contribution in [0.2, 0.25) is 0 Å². The molecule has 4 nitrogen and oxygen atoms in total. The molecule has 1 N–H and O–H groups in total. The summed E-state index contributed by atoms with van der Waals surface area (Å²) >= 11 is 0. The van der Waals surface area contributed by atoms with Crippen LogP contribution in [0.15, 0.2) is 42.5 Å². The first-order chi connectivity index (χ1) is 11.6. The fraction of sp³-hybridized carbons (Fsp3) is 0.250. The smallest absolute Gasteiger partial charge is 0.338 e. The molecular formula is C20H20O4. The maximum absolute atomic E-state index is 12.4. The van der Waals surface area contributed by atoms with Crippen LogP contribution in [0, 0.1) is 0 Å². The fourth-order valence-corrected chi connectivity index (χ4v) is 2.81. The number of ether oxygens (including phenoxy) is 2. The summed E-state index contributed by atoms with van der Waals surface area (Å²) in [6, 6.07) is 13.3. The van der Waals surface area contributed by atoms with Gasteiger partial charge in [0, 0.05) is 17.7 Å². The molecule has 0 saturated carbocycles. The van der Waals surface area contributed by atoms with Gasteiger partial charge in [-0.15, -0.1) is 0 Å². The largest absolute Gasteiger partial charge is 0.507 e. The van der Waals surface area contributed by atoms with E-state index in [0.717, 1.165) is 16.7 Å². The lowest BCUT2D eigenvalue weighted by Gasteiger charge is -2.24. The van der Waals surface area contributed by atoms with Gasteiger partial charge in [-0.2, -0.15) is 0 Å². The van der Waals surface area contributed by atoms with E-state index in [4.69, 9.17) is 9.47 Å². The first-order valence-electron chi connectivity index (χ1n) is 8.04. The number of hydrogen-bond donors (Lipinski definition) is 1. The molecule has 24 heavy (non-hydrogen) atoms. The topological polar surface area (TPSA) is 55.8 Å². The molecule has 0 fully saturated rings. The van der Waals surface area contributed by atoms with E-state index in [1.165, 1.54) is 0 Å². The van der Waals surface area contributed by atoms with Gasteiger partial charge >= 0.3 is 5.97 Å². The first-order valence-corrected chi connectivity index (χ1v) is 8.04. The Balaban J connectivity index is 1.83. The zero-order valence-corrected chi connectivity index (χ0v) is 13.8. The lowest BCUT2D eigenvalue weighted by molar-refractivity contribution is -0.140. The molecule has 0 amide bonds. The van der Waals surface area contributed by atoms with Crippen molar-refractivity contribution in [3.8, 4) is 16.9 Å². The highest BCUT2D eigenvalue weighted by molar-refractivity contribution is 6.29. The Morgan fingerprint density at radius 3 is 2.62 bits per heavy atom. The van der Waals surface area contributed by atoms with Crippen LogP contribution in [0.1, 0.15) is 25.0 Å². The van der Waals surface area contributed by atoms with E-state index in [0.29, 0.717) is 17.7 Å². The molecule has 2 aromatic carbocycles. The first kappa shape index (κ1) is 16.3. The second-order valence-electron chi connectivity index (χ2n) is 5.71. The molecule has 4 heteroatoms. The summed E-state index contributed by atoms with van der Waals surface area (Å²) in [5.74, 6) is -0.222. The third kappa shape index (κ3) is 3.05. The maximum Gasteiger partial charge on any atom is 0.338 e. The Morgan fingerprint density at radius 1 is 1.17 bits per heavy atom. The minimum atomic E-state index is -0.392. The van der Waals surface area contributed by atoms with Gasteiger partial charge < -0.3 is 14.6 Å². The number of phenolic OH excluding ortho intramolecular Hbond substituents is 1. The monoisotopic (exact) mass is 324 g/mol. The van der Waals surface area contributed by atoms with Crippen LogP contribution in [-0.2, 0) is 14.3 Å². The molecule has 0 aliphatic heterocycles. The van der Waals surface area contributed by atoms with Gasteiger partial charge in [-0.1, -0.05) is 36.4 Å². The molecule has 0 saturated heterocycles. The van der Waals surface area contributed by atoms with Crippen molar-refractivity contribution in [3.05, 3.63) is 53.6 Å². The van der Waals surface area contributed by atoms with Crippen LogP contribution in [-0.4, -0.2) is 30.4 Å². The average molecular weight is 324 g/mol. The lowest BCUT2D eigenvalue weighted by atomic mass is 9.82. The molecule has 1 aliphatic rings. The normalized spacial score (nSPS) is 13.5. The van der Waals surface area contributed by atoms with Gasteiger partial charge in [0.25, 0.3) is 0 Å². The molecule has 0 radical (unpaired) electrons. The van der Waals surface area contributed by atoms with E-state index in [1.807, 2.05) is 50.2 Å². The van der Waals surface area contributed by atoms with E-state index in [-0.39, 0.29) is 18.5 Å². The highest BCUT2D eigenvalue weighted by Gasteiger charge is 2.30. The quantitative estimate of drug-likeness (QED) is 0.819. The molecule has 0 bridgehead atoms. The predicted octanol–water partition coefficient (Wildman–Crippen LogP) is 3.88. The second kappa shape index (κ2) is 6.89. The Hall–Kier alpha value is -2.59. The summed E-state index contributed by atoms with van der Waals surface area (Å²) in [7, 11) is 0. The third-order valence-electron chi connectivity index (χ3n) is 3.99. The molecule has 124 valence electrons. The molecule has 3 rings (SSSR count). The van der Waals surface area contributed by atoms with Gasteiger partial charge in [0.05, 0.1) is 11.7 Å². The molecule has 1 unspecified atom stereocenters. The lowest BCUT2D eigenvalue weighted by Crippen LogP contribution is -2.21. The molecule has 1 atom stereocenters. The van der Waals surface area contributed by atoms with E-state index in [9.17, 15) is 9.90 Å². The Morgan fingerprint density at radius 2 is 1.92 bits per heavy atom. The number of rotatable bonds is 6. The van der Waals surface area contributed by atoms with Crippen molar-refractivity contribution < 1.29 is 19.4 Å². The van der Waals surface area contributed by atoms with Gasteiger partial charge in [-0.05, 0) is 37.1 Å². The molecule has 0 heterocycles. The second-order valence-corrected chi connectivity index (χ2v) is 5.71. The van der Waals surface area contributed by atoms with Crippen molar-refractivity contribution in [1.29, 1.82) is 0 Å². The number of hydrogen-bond acceptors (Lipinski definition) is 4. The Kier molecular flexibility index (Phi) is 4.67. The van der Waals surface area contributed by atoms with E-state index >= 15 is 0 Å². The highest BCUT2D eigenvalue weighted by atomic mass is 16.6. The van der Waals surface area contributed by atoms with Crippen molar-refractivity contribution in [2.24, 2.45) is 0 Å². The van der Waals surface area contributed by atoms with Gasteiger partial charge in [0.2, 0.25) is 0 Å². The molecule has 2 aromatic rings. The highest BCUT2D eigenvalue weighted by Crippen LogP contribution is 2.44. The number of phenols is 1. The summed E-state index contributed by atoms with van der Waals surface area (Å²) in [5.41, 5.74) is 3.82. The van der Waals surface area contributed by atoms with Crippen LogP contribution >= 0.6 is 0 Å². The van der Waals surface area contributed by atoms with E-state index < -0.39 is 5.97 Å². The maximum atomic E-state index is 12.4. The number of carbonyl (C=O) groups is 1. The minimum Gasteiger partial charge on any atom is -0.507 e. The van der Waals surface area contributed by atoms with Crippen LogP contribution in [0.25, 0.3) is 22.8 Å². The van der Waals surface area contributed by atoms with Crippen LogP contribution in [0.4, 0.5) is 0 Å². The van der Waals surface area contributed by atoms with Crippen molar-refractivity contribution in [3.63, 3.8) is 0 Å². The summed E-state index contributed by atoms with van der Waals surface area (Å²) in [6.45, 7) is 4.55. The fourth-order valence-electron chi connectivity index (χ4n) is 2.81. The molecular weight excluding hydrogens is 304 g/mol. The third-order valence-corrected chi connectivity index (χ3v) is 3.99. The summed E-state index contributed by atoms with van der Waals surface area (Å²) in [6.07, 6.45) is 1.53. The number of carbonyl (C=O) groups excluding carboxylic acids is 1. The van der Waals surface area contributed by atoms with Crippen LogP contribution < -0.4 is 0 Å². The molecule has 0 aromatic heterocycles. The number of esters is 1. The Labute approximate surface area is 141 Å². The average Bonchev–Trinajstić information content (AvgIpc) is 2.56. The van der Waals surface area contributed by atoms with Gasteiger partial charge in [-0.3, -0.25) is 0 Å². The van der Waals surface area contributed by atoms with E-state index in [1.54, 1.807) is 12.1 Å². The van der Waals surface area contributed by atoms with Crippen molar-refractivity contribution in [2.75, 3.05) is 13.2 Å². The van der Waals surface area contributed by atoms with Gasteiger partial charge in [0.15, 0.2) is 0 Å². The van der Waals surface area contributed by atoms with Gasteiger partial charge in [0.1, 0.15) is 12.4 Å². The predicted molar refractivity (Wildman–Crippen MR) is 93.5 cm³/mol. The van der Waals surface area contributed by atoms with Crippen LogP contribution in [0.3, 0.4) is 0 Å². The Bertz CT molecular complexity index is 778. The van der Waals surface area contributed by atoms with Crippen molar-refractivity contribution in [2.45, 2.75) is 20.0 Å². The number of benzene rings is 2. The zero-order chi connectivity index (χ0) is 17.1. The van der Waals surface area contributed by atoms with E-state index in [2.05, 4.69) is 0 Å². The molecule has 0 spiro atoms. The summed E-state index contributed by atoms with van der Waals surface area (Å²) in [5, 5.41) is 9.99. The number of aromatic hydroxyl groups is 1. The van der Waals surface area contributed by atoms with Crippen molar-refractivity contribution in [1.82, 2.24) is 0 Å². The summed E-state index contributed by atoms with van der Waals surface area (Å²) in [4.78, 5) is 12.4.